The van der Waals surface area contributed by atoms with E-state index in [1.165, 1.54) is 0 Å². The minimum atomic E-state index is -0.157. The van der Waals surface area contributed by atoms with Crippen LogP contribution in [0.1, 0.15) is 35.7 Å². The Kier molecular flexibility index (Phi) is 3.36. The van der Waals surface area contributed by atoms with Crippen molar-refractivity contribution in [1.82, 2.24) is 14.8 Å². The van der Waals surface area contributed by atoms with Crippen LogP contribution in [0.3, 0.4) is 0 Å². The molecule has 0 bridgehead atoms. The van der Waals surface area contributed by atoms with Crippen molar-refractivity contribution in [3.8, 4) is 0 Å². The Hall–Kier alpha value is -1.20. The summed E-state index contributed by atoms with van der Waals surface area (Å²) in [5, 5.41) is 7.33. The molecule has 4 nitrogen and oxygen atoms in total. The quantitative estimate of drug-likeness (QED) is 0.884. The van der Waals surface area contributed by atoms with Crippen LogP contribution in [-0.4, -0.2) is 14.8 Å². The maximum atomic E-state index is 6.13. The molecule has 0 radical (unpaired) electrons. The zero-order valence-corrected chi connectivity index (χ0v) is 10.4. The number of hydrogen-bond donors (Lipinski definition) is 1. The SMILES string of the molecule is CCCn1cc(C(N)c2csc(C)n2)cn1. The van der Waals surface area contributed by atoms with E-state index >= 15 is 0 Å². The zero-order chi connectivity index (χ0) is 11.5. The Labute approximate surface area is 99.1 Å². The van der Waals surface area contributed by atoms with E-state index < -0.39 is 0 Å². The van der Waals surface area contributed by atoms with E-state index in [0.717, 1.165) is 29.2 Å². The topological polar surface area (TPSA) is 56.7 Å². The molecule has 2 rings (SSSR count). The Morgan fingerprint density at radius 3 is 3.00 bits per heavy atom. The normalized spacial score (nSPS) is 12.9. The van der Waals surface area contributed by atoms with E-state index in [9.17, 15) is 0 Å². The molecule has 86 valence electrons. The standard InChI is InChI=1S/C11H16N4S/c1-3-4-15-6-9(5-13-15)11(12)10-7-16-8(2)14-10/h5-7,11H,3-4,12H2,1-2H3. The molecule has 2 heterocycles. The van der Waals surface area contributed by atoms with Gasteiger partial charge >= 0.3 is 0 Å². The van der Waals surface area contributed by atoms with Crippen molar-refractivity contribution in [2.75, 3.05) is 0 Å². The van der Waals surface area contributed by atoms with Gasteiger partial charge in [0.15, 0.2) is 0 Å². The predicted molar refractivity (Wildman–Crippen MR) is 65.4 cm³/mol. The van der Waals surface area contributed by atoms with Gasteiger partial charge in [-0.3, -0.25) is 4.68 Å². The minimum Gasteiger partial charge on any atom is -0.319 e. The molecule has 5 heteroatoms. The highest BCUT2D eigenvalue weighted by molar-refractivity contribution is 7.09. The van der Waals surface area contributed by atoms with E-state index in [1.807, 2.05) is 29.4 Å². The number of nitrogens with zero attached hydrogens (tertiary/aromatic N) is 3. The average Bonchev–Trinajstić information content (AvgIpc) is 2.87. The van der Waals surface area contributed by atoms with Crippen LogP contribution in [0.15, 0.2) is 17.8 Å². The summed E-state index contributed by atoms with van der Waals surface area (Å²) in [6, 6.07) is -0.157. The fourth-order valence-corrected chi connectivity index (χ4v) is 2.23. The Bertz CT molecular complexity index is 460. The molecule has 16 heavy (non-hydrogen) atoms. The van der Waals surface area contributed by atoms with Gasteiger partial charge in [-0.2, -0.15) is 5.10 Å². The first-order chi connectivity index (χ1) is 7.70. The lowest BCUT2D eigenvalue weighted by Crippen LogP contribution is -2.11. The number of rotatable bonds is 4. The number of nitrogens with two attached hydrogens (primary N) is 1. The second-order valence-corrected chi connectivity index (χ2v) is 4.87. The highest BCUT2D eigenvalue weighted by atomic mass is 32.1. The third kappa shape index (κ3) is 2.31. The van der Waals surface area contributed by atoms with Crippen molar-refractivity contribution in [3.63, 3.8) is 0 Å². The summed E-state index contributed by atoms with van der Waals surface area (Å²) < 4.78 is 1.93. The highest BCUT2D eigenvalue weighted by Gasteiger charge is 2.13. The van der Waals surface area contributed by atoms with Gasteiger partial charge in [0.05, 0.1) is 22.9 Å². The number of thiazole rings is 1. The third-order valence-electron chi connectivity index (χ3n) is 2.42. The van der Waals surface area contributed by atoms with Crippen molar-refractivity contribution in [1.29, 1.82) is 0 Å². The smallest absolute Gasteiger partial charge is 0.0898 e. The summed E-state index contributed by atoms with van der Waals surface area (Å²) in [5.74, 6) is 0. The van der Waals surface area contributed by atoms with Crippen LogP contribution in [-0.2, 0) is 6.54 Å². The Morgan fingerprint density at radius 2 is 2.38 bits per heavy atom. The second kappa shape index (κ2) is 4.76. The number of aryl methyl sites for hydroxylation is 2. The monoisotopic (exact) mass is 236 g/mol. The second-order valence-electron chi connectivity index (χ2n) is 3.81. The van der Waals surface area contributed by atoms with Gasteiger partial charge in [0.2, 0.25) is 0 Å². The van der Waals surface area contributed by atoms with Crippen molar-refractivity contribution >= 4 is 11.3 Å². The lowest BCUT2D eigenvalue weighted by molar-refractivity contribution is 0.601. The maximum absolute atomic E-state index is 6.13. The molecular formula is C11H16N4S. The summed E-state index contributed by atoms with van der Waals surface area (Å²) in [6.45, 7) is 5.05. The van der Waals surface area contributed by atoms with Gasteiger partial charge in [-0.25, -0.2) is 4.98 Å². The molecule has 0 saturated carbocycles. The van der Waals surface area contributed by atoms with Gasteiger partial charge in [-0.1, -0.05) is 6.92 Å². The molecule has 0 aliphatic rings. The first kappa shape index (κ1) is 11.3. The van der Waals surface area contributed by atoms with E-state index in [4.69, 9.17) is 5.73 Å². The molecule has 0 aromatic carbocycles. The van der Waals surface area contributed by atoms with Gasteiger partial charge in [-0.05, 0) is 13.3 Å². The molecule has 0 amide bonds. The summed E-state index contributed by atoms with van der Waals surface area (Å²) >= 11 is 1.63. The molecular weight excluding hydrogens is 220 g/mol. The Morgan fingerprint density at radius 1 is 1.56 bits per heavy atom. The molecule has 2 aromatic heterocycles. The van der Waals surface area contributed by atoms with Gasteiger partial charge < -0.3 is 5.73 Å². The fraction of sp³-hybridized carbons (Fsp3) is 0.455. The lowest BCUT2D eigenvalue weighted by Gasteiger charge is -2.04. The molecule has 0 aliphatic carbocycles. The van der Waals surface area contributed by atoms with E-state index in [1.54, 1.807) is 11.3 Å². The first-order valence-corrected chi connectivity index (χ1v) is 6.28. The highest BCUT2D eigenvalue weighted by Crippen LogP contribution is 2.20. The molecule has 0 fully saturated rings. The van der Waals surface area contributed by atoms with Gasteiger partial charge in [-0.15, -0.1) is 11.3 Å². The van der Waals surface area contributed by atoms with E-state index in [-0.39, 0.29) is 6.04 Å². The molecule has 1 atom stereocenters. The average molecular weight is 236 g/mol. The van der Waals surface area contributed by atoms with Crippen LogP contribution >= 0.6 is 11.3 Å². The van der Waals surface area contributed by atoms with Crippen molar-refractivity contribution in [2.45, 2.75) is 32.9 Å². The molecule has 0 saturated heterocycles. The molecule has 2 N–H and O–H groups in total. The fourth-order valence-electron chi connectivity index (χ4n) is 1.59. The number of aromatic nitrogens is 3. The Balaban J connectivity index is 2.17. The number of hydrogen-bond acceptors (Lipinski definition) is 4. The van der Waals surface area contributed by atoms with Crippen LogP contribution in [0.4, 0.5) is 0 Å². The summed E-state index contributed by atoms with van der Waals surface area (Å²) in [6.07, 6.45) is 4.91. The lowest BCUT2D eigenvalue weighted by atomic mass is 10.1. The minimum absolute atomic E-state index is 0.157. The summed E-state index contributed by atoms with van der Waals surface area (Å²) in [7, 11) is 0. The van der Waals surface area contributed by atoms with E-state index in [0.29, 0.717) is 0 Å². The molecule has 0 aliphatic heterocycles. The van der Waals surface area contributed by atoms with Crippen molar-refractivity contribution in [2.24, 2.45) is 5.73 Å². The molecule has 2 aromatic rings. The van der Waals surface area contributed by atoms with Crippen molar-refractivity contribution < 1.29 is 0 Å². The maximum Gasteiger partial charge on any atom is 0.0898 e. The third-order valence-corrected chi connectivity index (χ3v) is 3.21. The van der Waals surface area contributed by atoms with E-state index in [2.05, 4.69) is 17.0 Å². The largest absolute Gasteiger partial charge is 0.319 e. The van der Waals surface area contributed by atoms with Crippen LogP contribution in [0.25, 0.3) is 0 Å². The predicted octanol–water partition coefficient (Wildman–Crippen LogP) is 2.11. The van der Waals surface area contributed by atoms with Crippen LogP contribution in [0.2, 0.25) is 0 Å². The van der Waals surface area contributed by atoms with Crippen LogP contribution < -0.4 is 5.73 Å². The van der Waals surface area contributed by atoms with Crippen molar-refractivity contribution in [3.05, 3.63) is 34.0 Å². The zero-order valence-electron chi connectivity index (χ0n) is 9.55. The van der Waals surface area contributed by atoms with Gasteiger partial charge in [0.1, 0.15) is 0 Å². The molecule has 0 spiro atoms. The van der Waals surface area contributed by atoms with Crippen LogP contribution in [0, 0.1) is 6.92 Å². The summed E-state index contributed by atoms with van der Waals surface area (Å²) in [5.41, 5.74) is 8.09. The van der Waals surface area contributed by atoms with Gasteiger partial charge in [0.25, 0.3) is 0 Å². The first-order valence-electron chi connectivity index (χ1n) is 5.40. The summed E-state index contributed by atoms with van der Waals surface area (Å²) in [4.78, 5) is 4.40. The molecule has 1 unspecified atom stereocenters. The van der Waals surface area contributed by atoms with Gasteiger partial charge in [0, 0.05) is 23.7 Å². The van der Waals surface area contributed by atoms with Crippen LogP contribution in [0.5, 0.6) is 0 Å².